The number of rotatable bonds is 6. The fourth-order valence-corrected chi connectivity index (χ4v) is 3.13. The number of carbonyl (C=O) groups excluding carboxylic acids is 1. The van der Waals surface area contributed by atoms with E-state index in [-0.39, 0.29) is 24.5 Å². The number of carbonyl (C=O) groups is 1. The number of amides is 1. The monoisotopic (exact) mass is 379 g/mol. The highest BCUT2D eigenvalue weighted by Crippen LogP contribution is 2.19. The van der Waals surface area contributed by atoms with Gasteiger partial charge in [-0.1, -0.05) is 35.9 Å². The third-order valence-corrected chi connectivity index (χ3v) is 4.74. The molecular formula is C22H25N3O3. The van der Waals surface area contributed by atoms with Crippen molar-refractivity contribution in [3.05, 3.63) is 75.7 Å². The Hall–Kier alpha value is -3.28. The molecule has 3 rings (SSSR count). The number of nitrogens with zero attached hydrogens (tertiary/aromatic N) is 2. The van der Waals surface area contributed by atoms with Crippen molar-refractivity contribution in [2.45, 2.75) is 27.2 Å². The summed E-state index contributed by atoms with van der Waals surface area (Å²) in [6.45, 7) is 6.05. The zero-order valence-electron chi connectivity index (χ0n) is 16.7. The van der Waals surface area contributed by atoms with Crippen LogP contribution < -0.4 is 15.6 Å². The van der Waals surface area contributed by atoms with Gasteiger partial charge in [0.25, 0.3) is 5.56 Å². The Kier molecular flexibility index (Phi) is 5.68. The SMILES string of the molecule is Cc1ccc(OCCC(=O)Nc2c(C)n(C)n(-c3ccccc3)c2=O)c(C)c1. The molecule has 0 aliphatic rings. The van der Waals surface area contributed by atoms with Crippen LogP contribution in [0.2, 0.25) is 0 Å². The maximum Gasteiger partial charge on any atom is 0.295 e. The van der Waals surface area contributed by atoms with Crippen LogP contribution >= 0.6 is 0 Å². The largest absolute Gasteiger partial charge is 0.493 e. The smallest absolute Gasteiger partial charge is 0.295 e. The number of hydrogen-bond donors (Lipinski definition) is 1. The van der Waals surface area contributed by atoms with E-state index in [1.54, 1.807) is 11.7 Å². The van der Waals surface area contributed by atoms with Crippen LogP contribution in [0.15, 0.2) is 53.3 Å². The summed E-state index contributed by atoms with van der Waals surface area (Å²) < 4.78 is 8.98. The molecule has 6 nitrogen and oxygen atoms in total. The van der Waals surface area contributed by atoms with Crippen molar-refractivity contribution in [2.24, 2.45) is 7.05 Å². The minimum Gasteiger partial charge on any atom is -0.493 e. The van der Waals surface area contributed by atoms with Gasteiger partial charge in [0.05, 0.1) is 24.4 Å². The Morgan fingerprint density at radius 2 is 1.79 bits per heavy atom. The van der Waals surface area contributed by atoms with Crippen LogP contribution in [-0.2, 0) is 11.8 Å². The molecule has 0 radical (unpaired) electrons. The summed E-state index contributed by atoms with van der Waals surface area (Å²) in [6, 6.07) is 15.2. The summed E-state index contributed by atoms with van der Waals surface area (Å²) in [7, 11) is 1.79. The molecule has 3 aromatic rings. The van der Waals surface area contributed by atoms with E-state index in [0.29, 0.717) is 11.4 Å². The molecule has 6 heteroatoms. The van der Waals surface area contributed by atoms with Gasteiger partial charge >= 0.3 is 0 Å². The van der Waals surface area contributed by atoms with Gasteiger partial charge in [0.2, 0.25) is 5.91 Å². The molecule has 146 valence electrons. The van der Waals surface area contributed by atoms with E-state index in [4.69, 9.17) is 4.74 Å². The summed E-state index contributed by atoms with van der Waals surface area (Å²) in [4.78, 5) is 25.2. The highest BCUT2D eigenvalue weighted by molar-refractivity contribution is 5.91. The number of benzene rings is 2. The molecule has 2 aromatic carbocycles. The van der Waals surface area contributed by atoms with Crippen LogP contribution in [0.1, 0.15) is 23.2 Å². The molecule has 0 bridgehead atoms. The maximum atomic E-state index is 12.8. The van der Waals surface area contributed by atoms with Crippen molar-refractivity contribution < 1.29 is 9.53 Å². The number of ether oxygens (including phenoxy) is 1. The first-order valence-electron chi connectivity index (χ1n) is 9.22. The molecule has 0 saturated carbocycles. The Morgan fingerprint density at radius 1 is 1.07 bits per heavy atom. The van der Waals surface area contributed by atoms with Crippen molar-refractivity contribution in [3.63, 3.8) is 0 Å². The normalized spacial score (nSPS) is 10.7. The third kappa shape index (κ3) is 4.01. The highest BCUT2D eigenvalue weighted by Gasteiger charge is 2.18. The quantitative estimate of drug-likeness (QED) is 0.713. The second-order valence-corrected chi connectivity index (χ2v) is 6.85. The van der Waals surface area contributed by atoms with Crippen LogP contribution in [0, 0.1) is 20.8 Å². The maximum absolute atomic E-state index is 12.8. The van der Waals surface area contributed by atoms with Gasteiger partial charge in [0.15, 0.2) is 0 Å². The molecule has 0 saturated heterocycles. The molecule has 1 amide bonds. The second-order valence-electron chi connectivity index (χ2n) is 6.85. The molecule has 1 aromatic heterocycles. The average Bonchev–Trinajstić information content (AvgIpc) is 2.87. The number of hydrogen-bond acceptors (Lipinski definition) is 3. The predicted octanol–water partition coefficient (Wildman–Crippen LogP) is 3.51. The van der Waals surface area contributed by atoms with Crippen LogP contribution in [0.25, 0.3) is 5.69 Å². The molecule has 0 spiro atoms. The second kappa shape index (κ2) is 8.17. The number of anilines is 1. The fraction of sp³-hybridized carbons (Fsp3) is 0.273. The van der Waals surface area contributed by atoms with E-state index in [0.717, 1.165) is 22.6 Å². The van der Waals surface area contributed by atoms with E-state index in [9.17, 15) is 9.59 Å². The molecule has 0 atom stereocenters. The molecule has 1 heterocycles. The summed E-state index contributed by atoms with van der Waals surface area (Å²) in [6.07, 6.45) is 0.159. The lowest BCUT2D eigenvalue weighted by Gasteiger charge is -2.09. The third-order valence-electron chi connectivity index (χ3n) is 4.74. The lowest BCUT2D eigenvalue weighted by atomic mass is 10.1. The summed E-state index contributed by atoms with van der Waals surface area (Å²) >= 11 is 0. The first-order chi connectivity index (χ1) is 13.4. The Balaban J connectivity index is 1.68. The Bertz CT molecular complexity index is 1050. The van der Waals surface area contributed by atoms with Gasteiger partial charge in [-0.05, 0) is 44.5 Å². The van der Waals surface area contributed by atoms with Crippen molar-refractivity contribution in [1.82, 2.24) is 9.36 Å². The molecule has 0 aliphatic carbocycles. The zero-order chi connectivity index (χ0) is 20.3. The molecule has 0 aliphatic heterocycles. The molecule has 0 fully saturated rings. The lowest BCUT2D eigenvalue weighted by Crippen LogP contribution is -2.23. The van der Waals surface area contributed by atoms with Crippen molar-refractivity contribution in [1.29, 1.82) is 0 Å². The number of aryl methyl sites for hydroxylation is 2. The minimum atomic E-state index is -0.255. The summed E-state index contributed by atoms with van der Waals surface area (Å²) in [5.41, 5.74) is 3.67. The van der Waals surface area contributed by atoms with E-state index < -0.39 is 0 Å². The zero-order valence-corrected chi connectivity index (χ0v) is 16.7. The Morgan fingerprint density at radius 3 is 2.46 bits per heavy atom. The van der Waals surface area contributed by atoms with Crippen LogP contribution in [0.3, 0.4) is 0 Å². The van der Waals surface area contributed by atoms with Crippen molar-refractivity contribution in [3.8, 4) is 11.4 Å². The van der Waals surface area contributed by atoms with E-state index in [1.165, 1.54) is 4.68 Å². The van der Waals surface area contributed by atoms with E-state index >= 15 is 0 Å². The van der Waals surface area contributed by atoms with Gasteiger partial charge in [-0.15, -0.1) is 0 Å². The average molecular weight is 379 g/mol. The first-order valence-corrected chi connectivity index (χ1v) is 9.22. The highest BCUT2D eigenvalue weighted by atomic mass is 16.5. The number of aromatic nitrogens is 2. The minimum absolute atomic E-state index is 0.159. The van der Waals surface area contributed by atoms with E-state index in [1.807, 2.05) is 69.3 Å². The van der Waals surface area contributed by atoms with Crippen LogP contribution in [0.5, 0.6) is 5.75 Å². The molecule has 0 unspecified atom stereocenters. The fourth-order valence-electron chi connectivity index (χ4n) is 3.13. The van der Waals surface area contributed by atoms with Gasteiger partial charge in [0, 0.05) is 7.05 Å². The predicted molar refractivity (Wildman–Crippen MR) is 110 cm³/mol. The molecule has 28 heavy (non-hydrogen) atoms. The van der Waals surface area contributed by atoms with Gasteiger partial charge in [0.1, 0.15) is 11.4 Å². The van der Waals surface area contributed by atoms with Gasteiger partial charge < -0.3 is 10.1 Å². The molecule has 1 N–H and O–H groups in total. The van der Waals surface area contributed by atoms with Crippen molar-refractivity contribution in [2.75, 3.05) is 11.9 Å². The first kappa shape index (κ1) is 19.5. The van der Waals surface area contributed by atoms with Gasteiger partial charge in [-0.2, -0.15) is 0 Å². The topological polar surface area (TPSA) is 65.3 Å². The van der Waals surface area contributed by atoms with Crippen LogP contribution in [0.4, 0.5) is 5.69 Å². The van der Waals surface area contributed by atoms with E-state index in [2.05, 4.69) is 5.32 Å². The number of para-hydroxylation sites is 1. The Labute approximate surface area is 164 Å². The summed E-state index contributed by atoms with van der Waals surface area (Å²) in [5.74, 6) is 0.511. The summed E-state index contributed by atoms with van der Waals surface area (Å²) in [5, 5.41) is 2.75. The van der Waals surface area contributed by atoms with Gasteiger partial charge in [-0.25, -0.2) is 4.68 Å². The number of nitrogens with one attached hydrogen (secondary N) is 1. The van der Waals surface area contributed by atoms with Crippen LogP contribution in [-0.4, -0.2) is 21.9 Å². The van der Waals surface area contributed by atoms with Crippen molar-refractivity contribution >= 4 is 11.6 Å². The standard InChI is InChI=1S/C22H25N3O3/c1-15-10-11-19(16(2)14-15)28-13-12-20(26)23-21-17(3)24(4)25(22(21)27)18-8-6-5-7-9-18/h5-11,14H,12-13H2,1-4H3,(H,23,26). The van der Waals surface area contributed by atoms with Gasteiger partial charge in [-0.3, -0.25) is 14.3 Å². The lowest BCUT2D eigenvalue weighted by molar-refractivity contribution is -0.116. The molecular weight excluding hydrogens is 354 g/mol.